The first kappa shape index (κ1) is 24.2. The van der Waals surface area contributed by atoms with Gasteiger partial charge in [-0.05, 0) is 24.3 Å². The topological polar surface area (TPSA) is 59.9 Å². The van der Waals surface area contributed by atoms with Crippen LogP contribution in [0.3, 0.4) is 0 Å². The van der Waals surface area contributed by atoms with Crippen LogP contribution < -0.4 is 32.1 Å². The molecule has 0 fully saturated rings. The summed E-state index contributed by atoms with van der Waals surface area (Å²) >= 11 is 0. The fraction of sp³-hybridized carbons (Fsp3) is 0. The molecule has 0 bridgehead atoms. The molecule has 0 unspecified atom stereocenters. The van der Waals surface area contributed by atoms with Crippen molar-refractivity contribution in [2.45, 2.75) is 0 Å². The van der Waals surface area contributed by atoms with Crippen LogP contribution in [0.5, 0.6) is 0 Å². The van der Waals surface area contributed by atoms with Gasteiger partial charge in [-0.3, -0.25) is 0 Å². The van der Waals surface area contributed by atoms with Gasteiger partial charge >= 0.3 is 0 Å². The third-order valence-electron chi connectivity index (χ3n) is 6.65. The van der Waals surface area contributed by atoms with Crippen LogP contribution in [0.2, 0.25) is 0 Å². The summed E-state index contributed by atoms with van der Waals surface area (Å²) in [6.45, 7) is 0. The third-order valence-corrected chi connectivity index (χ3v) is 12.5. The molecule has 0 spiro atoms. The van der Waals surface area contributed by atoms with E-state index in [2.05, 4.69) is 0 Å². The molecule has 4 nitrogen and oxygen atoms in total. The lowest BCUT2D eigenvalue weighted by molar-refractivity contribution is 0.591. The molecule has 0 amide bonds. The molecule has 0 aliphatic heterocycles. The van der Waals surface area contributed by atoms with E-state index in [1.165, 1.54) is 0 Å². The Labute approximate surface area is 221 Å². The van der Waals surface area contributed by atoms with E-state index in [0.29, 0.717) is 37.7 Å². The number of rotatable bonds is 6. The van der Waals surface area contributed by atoms with E-state index in [0.717, 1.165) is 5.39 Å². The number of hydrogen-bond acceptors (Lipinski definition) is 4. The van der Waals surface area contributed by atoms with E-state index in [1.807, 2.05) is 146 Å². The van der Waals surface area contributed by atoms with E-state index < -0.39 is 14.3 Å². The van der Waals surface area contributed by atoms with Gasteiger partial charge in [-0.1, -0.05) is 121 Å². The Morgan fingerprint density at radius 1 is 0.368 bits per heavy atom. The van der Waals surface area contributed by atoms with E-state index in [4.69, 9.17) is 9.97 Å². The van der Waals surface area contributed by atoms with Crippen molar-refractivity contribution in [2.75, 3.05) is 0 Å². The van der Waals surface area contributed by atoms with Gasteiger partial charge in [0.05, 0.1) is 0 Å². The Balaban J connectivity index is 1.57. The van der Waals surface area contributed by atoms with Crippen molar-refractivity contribution in [1.29, 1.82) is 0 Å². The first-order valence-corrected chi connectivity index (χ1v) is 15.7. The van der Waals surface area contributed by atoms with Crippen molar-refractivity contribution >= 4 is 57.4 Å². The van der Waals surface area contributed by atoms with Gasteiger partial charge < -0.3 is 9.13 Å². The number of pyridine rings is 2. The fourth-order valence-electron chi connectivity index (χ4n) is 4.71. The standard InChI is InChI=1S/C32H24N2O2P2/c35-37(26-13-5-1-6-14-26,27-15-7-2-8-16-27)30-23-21-25-22-24-31(34-32(25)33-30)38(36,28-17-9-3-10-18-28)29-19-11-4-12-20-29/h1-24H. The largest absolute Gasteiger partial charge is 0.307 e. The molecule has 0 N–H and O–H groups in total. The summed E-state index contributed by atoms with van der Waals surface area (Å²) in [4.78, 5) is 9.73. The summed E-state index contributed by atoms with van der Waals surface area (Å²) in [6.07, 6.45) is 0. The Morgan fingerprint density at radius 2 is 0.658 bits per heavy atom. The summed E-state index contributed by atoms with van der Waals surface area (Å²) < 4.78 is 29.7. The normalized spacial score (nSPS) is 11.9. The maximum atomic E-state index is 14.8. The molecule has 6 rings (SSSR count). The first-order chi connectivity index (χ1) is 18.6. The predicted octanol–water partition coefficient (Wildman–Crippen LogP) is 4.91. The maximum Gasteiger partial charge on any atom is 0.188 e. The first-order valence-electron chi connectivity index (χ1n) is 12.3. The molecule has 184 valence electrons. The second-order valence-electron chi connectivity index (χ2n) is 8.95. The van der Waals surface area contributed by atoms with Gasteiger partial charge in [-0.15, -0.1) is 0 Å². The summed E-state index contributed by atoms with van der Waals surface area (Å²) in [5.74, 6) is 0. The molecule has 2 heterocycles. The van der Waals surface area contributed by atoms with Crippen LogP contribution >= 0.6 is 14.3 Å². The van der Waals surface area contributed by atoms with Crippen LogP contribution in [0.4, 0.5) is 0 Å². The summed E-state index contributed by atoms with van der Waals surface area (Å²) in [5, 5.41) is 3.60. The zero-order valence-corrected chi connectivity index (χ0v) is 22.3. The minimum absolute atomic E-state index is 0.416. The van der Waals surface area contributed by atoms with E-state index in [9.17, 15) is 9.13 Å². The Kier molecular flexibility index (Phi) is 6.37. The van der Waals surface area contributed by atoms with Crippen molar-refractivity contribution in [3.05, 3.63) is 146 Å². The minimum Gasteiger partial charge on any atom is -0.307 e. The SMILES string of the molecule is O=P(c1ccccc1)(c1ccccc1)c1ccc2ccc(P(=O)(c3ccccc3)c3ccccc3)nc2n1. The van der Waals surface area contributed by atoms with Crippen molar-refractivity contribution in [1.82, 2.24) is 9.97 Å². The third kappa shape index (κ3) is 4.13. The van der Waals surface area contributed by atoms with Gasteiger partial charge in [-0.2, -0.15) is 0 Å². The van der Waals surface area contributed by atoms with Gasteiger partial charge in [0.25, 0.3) is 0 Å². The van der Waals surface area contributed by atoms with Crippen molar-refractivity contribution < 1.29 is 9.13 Å². The number of nitrogens with zero attached hydrogens (tertiary/aromatic N) is 2. The zero-order chi connectivity index (χ0) is 26.0. The highest BCUT2D eigenvalue weighted by Crippen LogP contribution is 2.43. The maximum absolute atomic E-state index is 14.8. The fourth-order valence-corrected chi connectivity index (χ4v) is 9.77. The Morgan fingerprint density at radius 3 is 0.947 bits per heavy atom. The van der Waals surface area contributed by atoms with Crippen molar-refractivity contribution in [3.8, 4) is 0 Å². The molecular formula is C32H24N2O2P2. The molecule has 2 aromatic heterocycles. The quantitative estimate of drug-likeness (QED) is 0.287. The smallest absolute Gasteiger partial charge is 0.188 e. The van der Waals surface area contributed by atoms with E-state index in [-0.39, 0.29) is 0 Å². The minimum atomic E-state index is -3.27. The average molecular weight is 531 g/mol. The molecule has 0 saturated carbocycles. The number of aromatic nitrogens is 2. The highest BCUT2D eigenvalue weighted by atomic mass is 31.2. The van der Waals surface area contributed by atoms with Crippen molar-refractivity contribution in [2.24, 2.45) is 0 Å². The molecular weight excluding hydrogens is 506 g/mol. The van der Waals surface area contributed by atoms with Gasteiger partial charge in [-0.25, -0.2) is 9.97 Å². The molecule has 0 aliphatic rings. The van der Waals surface area contributed by atoms with Crippen LogP contribution in [0.15, 0.2) is 146 Å². The second-order valence-corrected chi connectivity index (χ2v) is 14.4. The molecule has 6 aromatic rings. The van der Waals surface area contributed by atoms with Crippen LogP contribution in [-0.4, -0.2) is 9.97 Å². The van der Waals surface area contributed by atoms with E-state index >= 15 is 0 Å². The number of fused-ring (bicyclic) bond motifs is 1. The van der Waals surface area contributed by atoms with Crippen LogP contribution in [-0.2, 0) is 9.13 Å². The lowest BCUT2D eigenvalue weighted by atomic mass is 10.3. The van der Waals surface area contributed by atoms with Crippen LogP contribution in [0.1, 0.15) is 0 Å². The summed E-state index contributed by atoms with van der Waals surface area (Å²) in [5.41, 5.74) is 1.31. The number of benzene rings is 4. The van der Waals surface area contributed by atoms with Gasteiger partial charge in [0, 0.05) is 26.6 Å². The molecule has 0 atom stereocenters. The average Bonchev–Trinajstić information content (AvgIpc) is 3.01. The van der Waals surface area contributed by atoms with Gasteiger partial charge in [0.1, 0.15) is 10.9 Å². The molecule has 6 heteroatoms. The summed E-state index contributed by atoms with van der Waals surface area (Å²) in [7, 11) is -6.55. The monoisotopic (exact) mass is 530 g/mol. The van der Waals surface area contributed by atoms with Gasteiger partial charge in [0.2, 0.25) is 0 Å². The van der Waals surface area contributed by atoms with Crippen LogP contribution in [0.25, 0.3) is 11.0 Å². The molecule has 0 radical (unpaired) electrons. The molecule has 0 aliphatic carbocycles. The second kappa shape index (κ2) is 9.99. The zero-order valence-electron chi connectivity index (χ0n) is 20.5. The van der Waals surface area contributed by atoms with Gasteiger partial charge in [0.15, 0.2) is 19.9 Å². The van der Waals surface area contributed by atoms with E-state index in [1.54, 1.807) is 0 Å². The lowest BCUT2D eigenvalue weighted by Crippen LogP contribution is -2.29. The highest BCUT2D eigenvalue weighted by molar-refractivity contribution is 7.85. The summed E-state index contributed by atoms with van der Waals surface area (Å²) in [6, 6.07) is 45.2. The molecule has 0 saturated heterocycles. The lowest BCUT2D eigenvalue weighted by Gasteiger charge is -2.20. The van der Waals surface area contributed by atoms with Crippen LogP contribution in [0, 0.1) is 0 Å². The number of hydrogen-bond donors (Lipinski definition) is 0. The highest BCUT2D eigenvalue weighted by Gasteiger charge is 2.33. The predicted molar refractivity (Wildman–Crippen MR) is 158 cm³/mol. The Bertz CT molecular complexity index is 1590. The van der Waals surface area contributed by atoms with Crippen molar-refractivity contribution in [3.63, 3.8) is 0 Å². The molecule has 38 heavy (non-hydrogen) atoms. The molecule has 4 aromatic carbocycles. The Hall–Kier alpha value is -4.10.